The second-order valence-corrected chi connectivity index (χ2v) is 11.8. The van der Waals surface area contributed by atoms with Crippen LogP contribution in [0, 0.1) is 0 Å². The first kappa shape index (κ1) is 27.2. The van der Waals surface area contributed by atoms with E-state index in [2.05, 4.69) is 106 Å². The summed E-state index contributed by atoms with van der Waals surface area (Å²) in [7, 11) is 0. The Labute approximate surface area is 270 Å². The molecule has 8 aromatic rings. The molecule has 0 radical (unpaired) electrons. The molecule has 0 fully saturated rings. The largest absolute Gasteiger partial charge is 0.290 e. The lowest BCUT2D eigenvalue weighted by molar-refractivity contribution is 1.06. The first-order valence-electron chi connectivity index (χ1n) is 15.9. The van der Waals surface area contributed by atoms with Gasteiger partial charge < -0.3 is 0 Å². The fraction of sp³-hybridized carbons (Fsp3) is 0.0732. The van der Waals surface area contributed by atoms with Crippen LogP contribution in [0.15, 0.2) is 136 Å². The van der Waals surface area contributed by atoms with Crippen molar-refractivity contribution in [2.45, 2.75) is 19.4 Å². The van der Waals surface area contributed by atoms with Gasteiger partial charge in [-0.15, -0.1) is 0 Å². The molecule has 1 aliphatic rings. The summed E-state index contributed by atoms with van der Waals surface area (Å²) in [5.74, 6) is 1.06. The van der Waals surface area contributed by atoms with Gasteiger partial charge in [0.25, 0.3) is 0 Å². The van der Waals surface area contributed by atoms with Gasteiger partial charge in [-0.25, -0.2) is 9.98 Å². The molecule has 0 unspecified atom stereocenters. The molecule has 6 heteroatoms. The van der Waals surface area contributed by atoms with Crippen molar-refractivity contribution in [2.24, 2.45) is 15.0 Å². The summed E-state index contributed by atoms with van der Waals surface area (Å²) >= 11 is 0. The van der Waals surface area contributed by atoms with Crippen LogP contribution in [0.3, 0.4) is 0 Å². The fourth-order valence-corrected chi connectivity index (χ4v) is 7.05. The lowest BCUT2D eigenvalue weighted by Gasteiger charge is -2.14. The topological polar surface area (TPSA) is 59.3 Å². The summed E-state index contributed by atoms with van der Waals surface area (Å²) in [6.45, 7) is 4.56. The molecule has 47 heavy (non-hydrogen) atoms. The molecule has 3 aromatic heterocycles. The summed E-state index contributed by atoms with van der Waals surface area (Å²) < 4.78 is 4.49. The molecule has 6 nitrogen and oxygen atoms in total. The Morgan fingerprint density at radius 1 is 0.660 bits per heavy atom. The van der Waals surface area contributed by atoms with E-state index in [-0.39, 0.29) is 0 Å². The molecule has 0 aliphatic heterocycles. The molecule has 0 saturated carbocycles. The van der Waals surface area contributed by atoms with E-state index in [0.29, 0.717) is 18.3 Å². The van der Waals surface area contributed by atoms with Crippen molar-refractivity contribution in [1.29, 1.82) is 0 Å². The van der Waals surface area contributed by atoms with E-state index in [9.17, 15) is 0 Å². The van der Waals surface area contributed by atoms with E-state index >= 15 is 0 Å². The highest BCUT2D eigenvalue weighted by atomic mass is 15.2. The van der Waals surface area contributed by atoms with Crippen molar-refractivity contribution in [3.05, 3.63) is 143 Å². The van der Waals surface area contributed by atoms with Gasteiger partial charge in [-0.05, 0) is 48.5 Å². The Bertz CT molecular complexity index is 2710. The van der Waals surface area contributed by atoms with Crippen LogP contribution >= 0.6 is 0 Å². The third kappa shape index (κ3) is 4.33. The molecule has 224 valence electrons. The maximum atomic E-state index is 5.21. The van der Waals surface area contributed by atoms with Gasteiger partial charge in [0.2, 0.25) is 5.96 Å². The predicted molar refractivity (Wildman–Crippen MR) is 196 cm³/mol. The highest BCUT2D eigenvalue weighted by Gasteiger charge is 2.22. The summed E-state index contributed by atoms with van der Waals surface area (Å²) in [6, 6.07) is 41.7. The molecule has 9 rings (SSSR count). The van der Waals surface area contributed by atoms with E-state index in [1.165, 1.54) is 15.8 Å². The quantitative estimate of drug-likeness (QED) is 0.151. The molecule has 5 aromatic carbocycles. The number of rotatable bonds is 3. The highest BCUT2D eigenvalue weighted by molar-refractivity contribution is 6.23. The Kier molecular flexibility index (Phi) is 6.38. The Morgan fingerprint density at radius 2 is 1.34 bits per heavy atom. The lowest BCUT2D eigenvalue weighted by atomic mass is 10.0. The number of hydrogen-bond acceptors (Lipinski definition) is 2. The maximum Gasteiger partial charge on any atom is 0.236 e. The minimum absolute atomic E-state index is 0.463. The number of para-hydroxylation sites is 3. The van der Waals surface area contributed by atoms with E-state index in [0.717, 1.165) is 68.0 Å². The lowest BCUT2D eigenvalue weighted by Crippen LogP contribution is -2.30. The smallest absolute Gasteiger partial charge is 0.236 e. The van der Waals surface area contributed by atoms with Crippen molar-refractivity contribution in [2.75, 3.05) is 0 Å². The Hall–Kier alpha value is -6.14. The molecule has 0 spiro atoms. The SMILES string of the molecule is C=NC(=NC(=NCc1ccccc1)c1ccccc1)n1c2ccccc2c2ccc3c4c(c5nc6ccccc6n5c3c21)=CCCC=4. The number of fused-ring (bicyclic) bond motifs is 12. The summed E-state index contributed by atoms with van der Waals surface area (Å²) in [5, 5.41) is 5.83. The normalized spacial score (nSPS) is 13.7. The van der Waals surface area contributed by atoms with Gasteiger partial charge in [0.05, 0.1) is 34.1 Å². The number of hydrogen-bond donors (Lipinski definition) is 0. The molecule has 0 N–H and O–H groups in total. The van der Waals surface area contributed by atoms with Crippen molar-refractivity contribution in [1.82, 2.24) is 14.0 Å². The summed E-state index contributed by atoms with van der Waals surface area (Å²) in [5.41, 5.74) is 8.12. The van der Waals surface area contributed by atoms with Crippen LogP contribution in [0.5, 0.6) is 0 Å². The third-order valence-corrected chi connectivity index (χ3v) is 9.11. The predicted octanol–water partition coefficient (Wildman–Crippen LogP) is 7.66. The average molecular weight is 607 g/mol. The van der Waals surface area contributed by atoms with Crippen LogP contribution in [-0.2, 0) is 6.54 Å². The first-order valence-corrected chi connectivity index (χ1v) is 15.9. The van der Waals surface area contributed by atoms with Gasteiger partial charge in [0, 0.05) is 26.9 Å². The molecule has 0 atom stereocenters. The van der Waals surface area contributed by atoms with Crippen LogP contribution in [0.2, 0.25) is 0 Å². The van der Waals surface area contributed by atoms with Crippen LogP contribution in [0.1, 0.15) is 24.0 Å². The molecular weight excluding hydrogens is 576 g/mol. The van der Waals surface area contributed by atoms with Gasteiger partial charge in [0.15, 0.2) is 5.84 Å². The van der Waals surface area contributed by atoms with E-state index in [4.69, 9.17) is 15.0 Å². The zero-order valence-electron chi connectivity index (χ0n) is 25.7. The second-order valence-electron chi connectivity index (χ2n) is 11.8. The number of benzene rings is 5. The first-order chi connectivity index (χ1) is 23.3. The van der Waals surface area contributed by atoms with Crippen molar-refractivity contribution in [3.8, 4) is 0 Å². The van der Waals surface area contributed by atoms with Crippen LogP contribution in [-0.4, -0.2) is 32.5 Å². The standard InChI is InChI=1S/C41H30N6/c1-42-41(45-39(28-16-6-3-7-17-28)43-26-27-14-4-2-5-15-27)47-35-22-12-10-19-30(35)32-25-24-31-29-18-8-9-20-33(29)40-44-34-21-11-13-23-36(34)46(40)37(31)38(32)47/h2-7,10-25H,1,8-9,26H2. The van der Waals surface area contributed by atoms with E-state index < -0.39 is 0 Å². The molecule has 0 amide bonds. The van der Waals surface area contributed by atoms with Gasteiger partial charge in [0.1, 0.15) is 5.65 Å². The van der Waals surface area contributed by atoms with Gasteiger partial charge in [-0.1, -0.05) is 115 Å². The highest BCUT2D eigenvalue weighted by Crippen LogP contribution is 2.35. The number of imidazole rings is 1. The number of pyridine rings is 1. The number of aliphatic imine (C=N–C) groups is 3. The Morgan fingerprint density at radius 3 is 2.15 bits per heavy atom. The number of amidine groups is 1. The van der Waals surface area contributed by atoms with Crippen molar-refractivity contribution < 1.29 is 0 Å². The van der Waals surface area contributed by atoms with Crippen LogP contribution < -0.4 is 10.4 Å². The van der Waals surface area contributed by atoms with E-state index in [1.807, 2.05) is 48.5 Å². The number of aromatic nitrogens is 3. The Balaban J connectivity index is 1.43. The molecule has 0 bridgehead atoms. The fourth-order valence-electron chi connectivity index (χ4n) is 7.05. The zero-order chi connectivity index (χ0) is 31.3. The van der Waals surface area contributed by atoms with Crippen molar-refractivity contribution >= 4 is 80.1 Å². The molecular formula is C41H30N6. The minimum Gasteiger partial charge on any atom is -0.290 e. The van der Waals surface area contributed by atoms with Gasteiger partial charge in [-0.3, -0.25) is 14.0 Å². The average Bonchev–Trinajstić information content (AvgIpc) is 3.69. The second kappa shape index (κ2) is 11.0. The van der Waals surface area contributed by atoms with E-state index in [1.54, 1.807) is 0 Å². The monoisotopic (exact) mass is 606 g/mol. The molecule has 1 aliphatic carbocycles. The zero-order valence-corrected chi connectivity index (χ0v) is 25.7. The van der Waals surface area contributed by atoms with Crippen LogP contribution in [0.4, 0.5) is 0 Å². The summed E-state index contributed by atoms with van der Waals surface area (Å²) in [6.07, 6.45) is 6.70. The maximum absolute atomic E-state index is 5.21. The van der Waals surface area contributed by atoms with Crippen LogP contribution in [0.25, 0.3) is 61.5 Å². The third-order valence-electron chi connectivity index (χ3n) is 9.11. The molecule has 3 heterocycles. The van der Waals surface area contributed by atoms with Gasteiger partial charge >= 0.3 is 0 Å². The minimum atomic E-state index is 0.463. The summed E-state index contributed by atoms with van der Waals surface area (Å²) in [4.78, 5) is 20.0. The van der Waals surface area contributed by atoms with Crippen molar-refractivity contribution in [3.63, 3.8) is 0 Å². The number of nitrogens with zero attached hydrogens (tertiary/aromatic N) is 6. The molecule has 0 saturated heterocycles. The van der Waals surface area contributed by atoms with Gasteiger partial charge in [-0.2, -0.15) is 4.99 Å².